The van der Waals surface area contributed by atoms with Gasteiger partial charge < -0.3 is 10.6 Å². The van der Waals surface area contributed by atoms with Crippen molar-refractivity contribution in [2.45, 2.75) is 26.2 Å². The molecule has 7 nitrogen and oxygen atoms in total. The summed E-state index contributed by atoms with van der Waals surface area (Å²) >= 11 is 0. The van der Waals surface area contributed by atoms with Gasteiger partial charge in [0.25, 0.3) is 11.8 Å². The van der Waals surface area contributed by atoms with Crippen LogP contribution in [0.3, 0.4) is 0 Å². The highest BCUT2D eigenvalue weighted by Gasteiger charge is 2.34. The molecule has 7 heteroatoms. The van der Waals surface area contributed by atoms with E-state index in [2.05, 4.69) is 10.6 Å². The third kappa shape index (κ3) is 4.41. The van der Waals surface area contributed by atoms with Gasteiger partial charge in [0, 0.05) is 33.0 Å². The van der Waals surface area contributed by atoms with Crippen LogP contribution in [0.15, 0.2) is 24.3 Å². The summed E-state index contributed by atoms with van der Waals surface area (Å²) in [6.07, 6.45) is 1.61. The van der Waals surface area contributed by atoms with E-state index in [-0.39, 0.29) is 36.6 Å². The van der Waals surface area contributed by atoms with Crippen molar-refractivity contribution in [3.05, 3.63) is 35.4 Å². The first kappa shape index (κ1) is 17.7. The molecule has 1 aromatic rings. The van der Waals surface area contributed by atoms with Crippen molar-refractivity contribution < 1.29 is 19.2 Å². The fraction of sp³-hybridized carbons (Fsp3) is 0.412. The fourth-order valence-corrected chi connectivity index (χ4v) is 2.49. The maximum Gasteiger partial charge on any atom is 0.261 e. The summed E-state index contributed by atoms with van der Waals surface area (Å²) in [4.78, 5) is 47.9. The minimum absolute atomic E-state index is 0.0695. The van der Waals surface area contributed by atoms with E-state index >= 15 is 0 Å². The Labute approximate surface area is 140 Å². The Bertz CT molecular complexity index is 622. The highest BCUT2D eigenvalue weighted by atomic mass is 16.2. The minimum atomic E-state index is -0.348. The summed E-state index contributed by atoms with van der Waals surface area (Å²) in [6.45, 7) is 2.62. The molecule has 1 aliphatic heterocycles. The summed E-state index contributed by atoms with van der Waals surface area (Å²) in [6, 6.07) is 6.65. The molecule has 0 saturated carbocycles. The largest absolute Gasteiger partial charge is 0.356 e. The number of fused-ring (bicyclic) bond motifs is 1. The smallest absolute Gasteiger partial charge is 0.261 e. The monoisotopic (exact) mass is 331 g/mol. The van der Waals surface area contributed by atoms with Gasteiger partial charge in [-0.3, -0.25) is 24.1 Å². The first-order chi connectivity index (χ1) is 11.5. The number of amides is 4. The number of nitrogens with one attached hydrogen (secondary N) is 2. The van der Waals surface area contributed by atoms with Crippen LogP contribution in [-0.2, 0) is 9.59 Å². The van der Waals surface area contributed by atoms with E-state index in [0.29, 0.717) is 24.2 Å². The van der Waals surface area contributed by atoms with Crippen LogP contribution in [0.5, 0.6) is 0 Å². The zero-order valence-electron chi connectivity index (χ0n) is 13.6. The van der Waals surface area contributed by atoms with Gasteiger partial charge in [-0.05, 0) is 25.0 Å². The Morgan fingerprint density at radius 2 is 1.50 bits per heavy atom. The maximum absolute atomic E-state index is 12.1. The number of nitrogens with zero attached hydrogens (tertiary/aromatic N) is 1. The molecule has 1 aromatic carbocycles. The van der Waals surface area contributed by atoms with Gasteiger partial charge in [-0.25, -0.2) is 0 Å². The molecule has 0 fully saturated rings. The summed E-state index contributed by atoms with van der Waals surface area (Å²) < 4.78 is 0. The van der Waals surface area contributed by atoms with E-state index in [4.69, 9.17) is 0 Å². The van der Waals surface area contributed by atoms with E-state index < -0.39 is 0 Å². The van der Waals surface area contributed by atoms with Crippen molar-refractivity contribution in [1.82, 2.24) is 15.5 Å². The molecule has 0 unspecified atom stereocenters. The number of carbonyl (C=O) groups is 4. The molecule has 1 heterocycles. The Morgan fingerprint density at radius 1 is 0.958 bits per heavy atom. The molecule has 2 rings (SSSR count). The lowest BCUT2D eigenvalue weighted by Crippen LogP contribution is -2.35. The molecule has 4 amide bonds. The van der Waals surface area contributed by atoms with Crippen LogP contribution in [-0.4, -0.2) is 48.2 Å². The van der Waals surface area contributed by atoms with E-state index in [1.807, 2.05) is 0 Å². The van der Waals surface area contributed by atoms with Crippen LogP contribution in [0, 0.1) is 0 Å². The van der Waals surface area contributed by atoms with Crippen molar-refractivity contribution in [3.63, 3.8) is 0 Å². The zero-order chi connectivity index (χ0) is 17.5. The maximum atomic E-state index is 12.1. The number of unbranched alkanes of at least 4 members (excludes halogenated alkanes) is 1. The molecule has 24 heavy (non-hydrogen) atoms. The molecule has 0 aromatic heterocycles. The van der Waals surface area contributed by atoms with Crippen LogP contribution in [0.4, 0.5) is 0 Å². The fourth-order valence-electron chi connectivity index (χ4n) is 2.49. The van der Waals surface area contributed by atoms with E-state index in [9.17, 15) is 19.2 Å². The van der Waals surface area contributed by atoms with E-state index in [1.54, 1.807) is 24.3 Å². The van der Waals surface area contributed by atoms with Gasteiger partial charge in [0.1, 0.15) is 0 Å². The molecule has 0 saturated heterocycles. The average molecular weight is 331 g/mol. The molecular weight excluding hydrogens is 310 g/mol. The van der Waals surface area contributed by atoms with Crippen molar-refractivity contribution in [2.24, 2.45) is 0 Å². The molecule has 1 aliphatic rings. The molecular formula is C17H21N3O4. The van der Waals surface area contributed by atoms with Gasteiger partial charge in [0.05, 0.1) is 11.1 Å². The van der Waals surface area contributed by atoms with Crippen LogP contribution < -0.4 is 10.6 Å². The van der Waals surface area contributed by atoms with Crippen molar-refractivity contribution >= 4 is 23.6 Å². The molecule has 2 N–H and O–H groups in total. The van der Waals surface area contributed by atoms with Crippen molar-refractivity contribution in [1.29, 1.82) is 0 Å². The van der Waals surface area contributed by atoms with Crippen LogP contribution in [0.2, 0.25) is 0 Å². The Morgan fingerprint density at radius 3 is 2.04 bits per heavy atom. The van der Waals surface area contributed by atoms with Crippen molar-refractivity contribution in [3.8, 4) is 0 Å². The molecule has 0 atom stereocenters. The second-order valence-corrected chi connectivity index (χ2v) is 5.60. The topological polar surface area (TPSA) is 95.6 Å². The highest BCUT2D eigenvalue weighted by Crippen LogP contribution is 2.22. The standard InChI is InChI=1S/C17H21N3O4/c1-12(21)18-9-4-5-10-19-15(22)8-11-20-16(23)13-6-2-3-7-14(13)17(20)24/h2-3,6-7H,4-5,8-11H2,1H3,(H,18,21)(H,19,22). The van der Waals surface area contributed by atoms with Gasteiger partial charge in [-0.15, -0.1) is 0 Å². The van der Waals surface area contributed by atoms with Gasteiger partial charge in [-0.2, -0.15) is 0 Å². The van der Waals surface area contributed by atoms with Gasteiger partial charge in [0.2, 0.25) is 11.8 Å². The Balaban J connectivity index is 1.69. The van der Waals surface area contributed by atoms with Crippen molar-refractivity contribution in [2.75, 3.05) is 19.6 Å². The van der Waals surface area contributed by atoms with Gasteiger partial charge >= 0.3 is 0 Å². The van der Waals surface area contributed by atoms with E-state index in [0.717, 1.165) is 17.7 Å². The van der Waals surface area contributed by atoms with Crippen LogP contribution >= 0.6 is 0 Å². The second-order valence-electron chi connectivity index (χ2n) is 5.60. The molecule has 0 spiro atoms. The minimum Gasteiger partial charge on any atom is -0.356 e. The highest BCUT2D eigenvalue weighted by molar-refractivity contribution is 6.21. The first-order valence-corrected chi connectivity index (χ1v) is 7.97. The number of rotatable bonds is 8. The third-order valence-electron chi connectivity index (χ3n) is 3.74. The second kappa shape index (κ2) is 8.24. The molecule has 0 aliphatic carbocycles. The summed E-state index contributed by atoms with van der Waals surface area (Å²) in [5.41, 5.74) is 0.779. The summed E-state index contributed by atoms with van der Waals surface area (Å²) in [5, 5.41) is 5.43. The Hall–Kier alpha value is -2.70. The van der Waals surface area contributed by atoms with E-state index in [1.165, 1.54) is 6.92 Å². The third-order valence-corrected chi connectivity index (χ3v) is 3.74. The SMILES string of the molecule is CC(=O)NCCCCNC(=O)CCN1C(=O)c2ccccc2C1=O. The molecule has 0 bridgehead atoms. The first-order valence-electron chi connectivity index (χ1n) is 7.97. The van der Waals surface area contributed by atoms with Crippen LogP contribution in [0.1, 0.15) is 46.9 Å². The predicted octanol–water partition coefficient (Wildman–Crippen LogP) is 0.705. The Kier molecular flexibility index (Phi) is 6.06. The number of hydrogen-bond donors (Lipinski definition) is 2. The number of imide groups is 1. The lowest BCUT2D eigenvalue weighted by molar-refractivity contribution is -0.121. The number of benzene rings is 1. The predicted molar refractivity (Wildman–Crippen MR) is 87.4 cm³/mol. The average Bonchev–Trinajstić information content (AvgIpc) is 2.80. The zero-order valence-corrected chi connectivity index (χ0v) is 13.6. The van der Waals surface area contributed by atoms with Gasteiger partial charge in [0.15, 0.2) is 0 Å². The molecule has 128 valence electrons. The normalized spacial score (nSPS) is 13.0. The van der Waals surface area contributed by atoms with Crippen LogP contribution in [0.25, 0.3) is 0 Å². The number of hydrogen-bond acceptors (Lipinski definition) is 4. The molecule has 0 radical (unpaired) electrons. The summed E-state index contributed by atoms with van der Waals surface area (Å²) in [7, 11) is 0. The quantitative estimate of drug-likeness (QED) is 0.541. The lowest BCUT2D eigenvalue weighted by atomic mass is 10.1. The van der Waals surface area contributed by atoms with Gasteiger partial charge in [-0.1, -0.05) is 12.1 Å². The summed E-state index contributed by atoms with van der Waals surface area (Å²) in [5.74, 6) is -0.969. The lowest BCUT2D eigenvalue weighted by Gasteiger charge is -2.13. The number of carbonyl (C=O) groups excluding carboxylic acids is 4.